The smallest absolute Gasteiger partial charge is 0.407 e. The number of nitrogens with one attached hydrogen (secondary N) is 1. The van der Waals surface area contributed by atoms with Crippen molar-refractivity contribution in [1.29, 1.82) is 0 Å². The summed E-state index contributed by atoms with van der Waals surface area (Å²) in [4.78, 5) is 11.6. The van der Waals surface area contributed by atoms with Crippen LogP contribution >= 0.6 is 11.3 Å². The minimum Gasteiger partial charge on any atom is -0.450 e. The van der Waals surface area contributed by atoms with Gasteiger partial charge in [0, 0.05) is 4.88 Å². The van der Waals surface area contributed by atoms with E-state index < -0.39 is 16.1 Å². The Morgan fingerprint density at radius 2 is 2.25 bits per heavy atom. The van der Waals surface area contributed by atoms with Crippen LogP contribution < -0.4 is 10.5 Å². The quantitative estimate of drug-likeness (QED) is 0.833. The number of hydrogen-bond donors (Lipinski definition) is 2. The summed E-state index contributed by atoms with van der Waals surface area (Å²) in [6, 6.07) is 3.00. The first-order valence-corrected chi connectivity index (χ1v) is 6.82. The first-order valence-electron chi connectivity index (χ1n) is 4.45. The minimum absolute atomic E-state index is 0.0770. The van der Waals surface area contributed by atoms with Gasteiger partial charge in [-0.1, -0.05) is 0 Å². The molecule has 0 fully saturated rings. The van der Waals surface area contributed by atoms with E-state index in [1.54, 1.807) is 13.0 Å². The molecule has 0 aliphatic carbocycles. The highest BCUT2D eigenvalue weighted by atomic mass is 32.2. The van der Waals surface area contributed by atoms with Gasteiger partial charge < -0.3 is 10.1 Å². The lowest BCUT2D eigenvalue weighted by Gasteiger charge is -2.02. The molecule has 0 saturated heterocycles. The van der Waals surface area contributed by atoms with Crippen LogP contribution in [-0.2, 0) is 21.3 Å². The summed E-state index contributed by atoms with van der Waals surface area (Å²) in [6.07, 6.45) is -0.534. The van der Waals surface area contributed by atoms with Gasteiger partial charge in [0.15, 0.2) is 0 Å². The van der Waals surface area contributed by atoms with Crippen LogP contribution in [0.4, 0.5) is 4.79 Å². The molecule has 90 valence electrons. The third-order valence-electron chi connectivity index (χ3n) is 1.60. The minimum atomic E-state index is -3.66. The molecule has 0 aromatic carbocycles. The van der Waals surface area contributed by atoms with Crippen molar-refractivity contribution in [3.05, 3.63) is 17.0 Å². The largest absolute Gasteiger partial charge is 0.450 e. The summed E-state index contributed by atoms with van der Waals surface area (Å²) in [5, 5.41) is 7.42. The molecule has 1 aromatic heterocycles. The van der Waals surface area contributed by atoms with E-state index in [4.69, 9.17) is 5.14 Å². The number of carbonyl (C=O) groups is 1. The van der Waals surface area contributed by atoms with Gasteiger partial charge in [-0.05, 0) is 19.1 Å². The van der Waals surface area contributed by atoms with E-state index in [0.29, 0.717) is 11.5 Å². The molecule has 6 nitrogen and oxygen atoms in total. The Labute approximate surface area is 97.5 Å². The number of alkyl carbamates (subject to hydrolysis) is 1. The van der Waals surface area contributed by atoms with Crippen molar-refractivity contribution in [3.8, 4) is 0 Å². The molecule has 3 N–H and O–H groups in total. The average molecular weight is 264 g/mol. The number of thiophene rings is 1. The molecule has 0 saturated carbocycles. The summed E-state index contributed by atoms with van der Waals surface area (Å²) in [5.41, 5.74) is 0. The summed E-state index contributed by atoms with van der Waals surface area (Å²) in [7, 11) is -3.66. The Kier molecular flexibility index (Phi) is 4.27. The van der Waals surface area contributed by atoms with Gasteiger partial charge in [-0.3, -0.25) is 0 Å². The van der Waals surface area contributed by atoms with Gasteiger partial charge in [0.05, 0.1) is 13.2 Å². The maximum absolute atomic E-state index is 11.0. The number of hydrogen-bond acceptors (Lipinski definition) is 5. The van der Waals surface area contributed by atoms with Crippen LogP contribution in [0, 0.1) is 0 Å². The molecule has 0 atom stereocenters. The monoisotopic (exact) mass is 264 g/mol. The Bertz CT molecular complexity index is 466. The average Bonchev–Trinajstić information content (AvgIpc) is 2.63. The van der Waals surface area contributed by atoms with E-state index in [2.05, 4.69) is 10.1 Å². The fourth-order valence-electron chi connectivity index (χ4n) is 0.948. The van der Waals surface area contributed by atoms with Crippen molar-refractivity contribution >= 4 is 27.5 Å². The van der Waals surface area contributed by atoms with Gasteiger partial charge >= 0.3 is 6.09 Å². The van der Waals surface area contributed by atoms with E-state index >= 15 is 0 Å². The van der Waals surface area contributed by atoms with Gasteiger partial charge in [-0.25, -0.2) is 18.4 Å². The lowest BCUT2D eigenvalue weighted by molar-refractivity contribution is 0.152. The molecule has 0 bridgehead atoms. The molecular formula is C8H12N2O4S2. The number of nitrogens with two attached hydrogens (primary N) is 1. The van der Waals surface area contributed by atoms with Crippen molar-refractivity contribution in [2.75, 3.05) is 6.61 Å². The van der Waals surface area contributed by atoms with Crippen LogP contribution in [0.5, 0.6) is 0 Å². The molecule has 1 aromatic rings. The van der Waals surface area contributed by atoms with Crippen LogP contribution in [0.2, 0.25) is 0 Å². The van der Waals surface area contributed by atoms with E-state index in [1.165, 1.54) is 6.07 Å². The zero-order valence-electron chi connectivity index (χ0n) is 8.60. The van der Waals surface area contributed by atoms with Crippen LogP contribution in [0.3, 0.4) is 0 Å². The van der Waals surface area contributed by atoms with Crippen LogP contribution in [-0.4, -0.2) is 21.1 Å². The first kappa shape index (κ1) is 12.9. The third-order valence-corrected chi connectivity index (χ3v) is 4.12. The predicted molar refractivity (Wildman–Crippen MR) is 59.6 cm³/mol. The maximum Gasteiger partial charge on any atom is 0.407 e. The lowest BCUT2D eigenvalue weighted by atomic mass is 10.5. The standard InChI is InChI=1S/C8H12N2O4S2/c1-2-14-8(11)10-5-6-3-4-7(15-6)16(9,12)13/h3-4H,2,5H2,1H3,(H,10,11)(H2,9,12,13). The SMILES string of the molecule is CCOC(=O)NCc1ccc(S(N)(=O)=O)s1. The van der Waals surface area contributed by atoms with Gasteiger partial charge in [0.1, 0.15) is 4.21 Å². The van der Waals surface area contributed by atoms with Crippen LogP contribution in [0.1, 0.15) is 11.8 Å². The maximum atomic E-state index is 11.0. The second-order valence-electron chi connectivity index (χ2n) is 2.84. The van der Waals surface area contributed by atoms with E-state index in [9.17, 15) is 13.2 Å². The highest BCUT2D eigenvalue weighted by molar-refractivity contribution is 7.91. The summed E-state index contributed by atoms with van der Waals surface area (Å²) < 4.78 is 26.7. The van der Waals surface area contributed by atoms with Gasteiger partial charge in [0.2, 0.25) is 10.0 Å². The number of ether oxygens (including phenoxy) is 1. The van der Waals surface area contributed by atoms with E-state index in [0.717, 1.165) is 11.3 Å². The zero-order chi connectivity index (χ0) is 12.2. The second kappa shape index (κ2) is 5.28. The zero-order valence-corrected chi connectivity index (χ0v) is 10.2. The normalized spacial score (nSPS) is 11.1. The van der Waals surface area contributed by atoms with Gasteiger partial charge in [0.25, 0.3) is 0 Å². The Morgan fingerprint density at radius 3 is 2.75 bits per heavy atom. The second-order valence-corrected chi connectivity index (χ2v) is 5.80. The number of primary sulfonamides is 1. The van der Waals surface area contributed by atoms with E-state index in [-0.39, 0.29) is 10.8 Å². The summed E-state index contributed by atoms with van der Waals surface area (Å²) >= 11 is 1.02. The highest BCUT2D eigenvalue weighted by Crippen LogP contribution is 2.19. The fourth-order valence-corrected chi connectivity index (χ4v) is 2.67. The van der Waals surface area contributed by atoms with Crippen molar-refractivity contribution < 1.29 is 17.9 Å². The number of amides is 1. The van der Waals surface area contributed by atoms with Crippen molar-refractivity contribution in [3.63, 3.8) is 0 Å². The molecule has 0 spiro atoms. The van der Waals surface area contributed by atoms with Gasteiger partial charge in [-0.2, -0.15) is 0 Å². The molecule has 1 rings (SSSR count). The molecule has 1 amide bonds. The Hall–Kier alpha value is -1.12. The fraction of sp³-hybridized carbons (Fsp3) is 0.375. The predicted octanol–water partition coefficient (Wildman–Crippen LogP) is 0.642. The highest BCUT2D eigenvalue weighted by Gasteiger charge is 2.11. The third kappa shape index (κ3) is 3.80. The topological polar surface area (TPSA) is 98.5 Å². The molecule has 0 unspecified atom stereocenters. The molecule has 16 heavy (non-hydrogen) atoms. The van der Waals surface area contributed by atoms with Gasteiger partial charge in [-0.15, -0.1) is 11.3 Å². The lowest BCUT2D eigenvalue weighted by Crippen LogP contribution is -2.23. The number of rotatable bonds is 4. The Balaban J connectivity index is 2.57. The first-order chi connectivity index (χ1) is 7.43. The molecule has 1 heterocycles. The van der Waals surface area contributed by atoms with E-state index in [1.807, 2.05) is 0 Å². The molecular weight excluding hydrogens is 252 g/mol. The molecule has 0 aliphatic heterocycles. The molecule has 8 heteroatoms. The molecule has 0 aliphatic rings. The summed E-state index contributed by atoms with van der Waals surface area (Å²) in [6.45, 7) is 2.21. The number of sulfonamides is 1. The van der Waals surface area contributed by atoms with Crippen molar-refractivity contribution in [2.24, 2.45) is 5.14 Å². The Morgan fingerprint density at radius 1 is 1.56 bits per heavy atom. The van der Waals surface area contributed by atoms with Crippen molar-refractivity contribution in [1.82, 2.24) is 5.32 Å². The van der Waals surface area contributed by atoms with Crippen LogP contribution in [0.15, 0.2) is 16.3 Å². The number of carbonyl (C=O) groups excluding carboxylic acids is 1. The van der Waals surface area contributed by atoms with Crippen molar-refractivity contribution in [2.45, 2.75) is 17.7 Å². The van der Waals surface area contributed by atoms with Crippen LogP contribution in [0.25, 0.3) is 0 Å². The molecule has 0 radical (unpaired) electrons. The summed E-state index contributed by atoms with van der Waals surface area (Å²) in [5.74, 6) is 0.